The van der Waals surface area contributed by atoms with Crippen molar-refractivity contribution in [3.8, 4) is 0 Å². The van der Waals surface area contributed by atoms with Crippen molar-refractivity contribution >= 4 is 34.1 Å². The van der Waals surface area contributed by atoms with Crippen LogP contribution in [0.3, 0.4) is 0 Å². The zero-order valence-corrected chi connectivity index (χ0v) is 10.7. The maximum absolute atomic E-state index is 10.6. The lowest BCUT2D eigenvalue weighted by Gasteiger charge is -2.23. The molecule has 1 atom stereocenters. The number of hydrogen-bond donors (Lipinski definition) is 0. The number of rotatable bonds is 4. The molecule has 5 heteroatoms. The van der Waals surface area contributed by atoms with E-state index in [0.717, 1.165) is 11.4 Å². The number of anilines is 1. The number of thiophene rings is 1. The summed E-state index contributed by atoms with van der Waals surface area (Å²) in [5, 5.41) is 2.95. The molecule has 0 aliphatic rings. The van der Waals surface area contributed by atoms with Crippen LogP contribution < -0.4 is 4.90 Å². The number of aldehydes is 1. The van der Waals surface area contributed by atoms with Crippen LogP contribution >= 0.6 is 22.7 Å². The van der Waals surface area contributed by atoms with Gasteiger partial charge >= 0.3 is 0 Å². The molecule has 0 N–H and O–H groups in total. The number of thiazole rings is 1. The molecule has 0 saturated carbocycles. The summed E-state index contributed by atoms with van der Waals surface area (Å²) in [5.74, 6) is 0. The van der Waals surface area contributed by atoms with Gasteiger partial charge in [-0.1, -0.05) is 17.4 Å². The zero-order chi connectivity index (χ0) is 11.5. The summed E-state index contributed by atoms with van der Waals surface area (Å²) < 4.78 is 0. The number of hydrogen-bond acceptors (Lipinski definition) is 5. The highest BCUT2D eigenvalue weighted by Crippen LogP contribution is 2.30. The fraction of sp³-hybridized carbons (Fsp3) is 0.273. The van der Waals surface area contributed by atoms with Crippen LogP contribution in [0.5, 0.6) is 0 Å². The van der Waals surface area contributed by atoms with Crippen molar-refractivity contribution < 1.29 is 4.79 Å². The Labute approximate surface area is 102 Å². The highest BCUT2D eigenvalue weighted by molar-refractivity contribution is 7.17. The van der Waals surface area contributed by atoms with Crippen molar-refractivity contribution in [2.45, 2.75) is 13.0 Å². The first kappa shape index (κ1) is 11.3. The SMILES string of the molecule is CC(c1cccs1)N(C)c1ncc(C=O)s1. The molecule has 16 heavy (non-hydrogen) atoms. The lowest BCUT2D eigenvalue weighted by Crippen LogP contribution is -2.20. The van der Waals surface area contributed by atoms with E-state index in [1.54, 1.807) is 17.5 Å². The molecule has 2 rings (SSSR count). The topological polar surface area (TPSA) is 33.2 Å². The highest BCUT2D eigenvalue weighted by Gasteiger charge is 2.15. The van der Waals surface area contributed by atoms with Crippen LogP contribution in [0, 0.1) is 0 Å². The quantitative estimate of drug-likeness (QED) is 0.783. The van der Waals surface area contributed by atoms with E-state index in [9.17, 15) is 4.79 Å². The van der Waals surface area contributed by atoms with Gasteiger partial charge in [0.2, 0.25) is 0 Å². The van der Waals surface area contributed by atoms with Gasteiger partial charge < -0.3 is 4.90 Å². The molecule has 0 aliphatic carbocycles. The molecule has 0 saturated heterocycles. The van der Waals surface area contributed by atoms with Gasteiger partial charge in [-0.05, 0) is 18.4 Å². The third-order valence-corrected chi connectivity index (χ3v) is 4.52. The Bertz CT molecular complexity index is 464. The molecule has 84 valence electrons. The Hall–Kier alpha value is -1.20. The molecule has 2 aromatic rings. The number of carbonyl (C=O) groups excluding carboxylic acids is 1. The number of nitrogens with zero attached hydrogens (tertiary/aromatic N) is 2. The lowest BCUT2D eigenvalue weighted by atomic mass is 10.2. The Balaban J connectivity index is 2.18. The summed E-state index contributed by atoms with van der Waals surface area (Å²) >= 11 is 3.15. The van der Waals surface area contributed by atoms with E-state index < -0.39 is 0 Å². The molecule has 3 nitrogen and oxygen atoms in total. The molecule has 0 radical (unpaired) electrons. The van der Waals surface area contributed by atoms with Gasteiger partial charge in [0, 0.05) is 11.9 Å². The van der Waals surface area contributed by atoms with Crippen LogP contribution in [-0.2, 0) is 0 Å². The molecule has 1 unspecified atom stereocenters. The van der Waals surface area contributed by atoms with Crippen molar-refractivity contribution in [3.05, 3.63) is 33.5 Å². The predicted molar refractivity (Wildman–Crippen MR) is 68.6 cm³/mol. The van der Waals surface area contributed by atoms with Crippen LogP contribution in [0.15, 0.2) is 23.7 Å². The molecule has 0 aliphatic heterocycles. The molecular weight excluding hydrogens is 240 g/mol. The summed E-state index contributed by atoms with van der Waals surface area (Å²) in [6.45, 7) is 2.13. The molecule has 0 amide bonds. The van der Waals surface area contributed by atoms with Gasteiger partial charge in [0.1, 0.15) is 0 Å². The maximum Gasteiger partial charge on any atom is 0.186 e. The molecular formula is C11H12N2OS2. The summed E-state index contributed by atoms with van der Waals surface area (Å²) in [7, 11) is 2.00. The zero-order valence-electron chi connectivity index (χ0n) is 9.08. The van der Waals surface area contributed by atoms with Crippen LogP contribution in [0.25, 0.3) is 0 Å². The molecule has 0 aromatic carbocycles. The number of aromatic nitrogens is 1. The lowest BCUT2D eigenvalue weighted by molar-refractivity contribution is 0.112. The smallest absolute Gasteiger partial charge is 0.186 e. The fourth-order valence-corrected chi connectivity index (χ4v) is 2.98. The average Bonchev–Trinajstić information content (AvgIpc) is 2.97. The normalized spacial score (nSPS) is 12.4. The molecule has 0 spiro atoms. The van der Waals surface area contributed by atoms with E-state index in [1.165, 1.54) is 16.2 Å². The Morgan fingerprint density at radius 1 is 1.56 bits per heavy atom. The number of carbonyl (C=O) groups is 1. The standard InChI is InChI=1S/C11H12N2OS2/c1-8(10-4-3-5-15-10)13(2)11-12-6-9(7-14)16-11/h3-8H,1-2H3. The summed E-state index contributed by atoms with van der Waals surface area (Å²) in [6, 6.07) is 4.44. The van der Waals surface area contributed by atoms with Gasteiger partial charge in [-0.15, -0.1) is 11.3 Å². The van der Waals surface area contributed by atoms with Gasteiger partial charge in [-0.25, -0.2) is 4.98 Å². The molecule has 2 aromatic heterocycles. The van der Waals surface area contributed by atoms with Crippen molar-refractivity contribution in [1.82, 2.24) is 4.98 Å². The van der Waals surface area contributed by atoms with Gasteiger partial charge in [0.05, 0.1) is 17.1 Å². The minimum absolute atomic E-state index is 0.283. The van der Waals surface area contributed by atoms with Gasteiger partial charge in [-0.3, -0.25) is 4.79 Å². The third-order valence-electron chi connectivity index (χ3n) is 2.47. The Morgan fingerprint density at radius 3 is 2.94 bits per heavy atom. The van der Waals surface area contributed by atoms with E-state index in [0.29, 0.717) is 4.88 Å². The first-order valence-corrected chi connectivity index (χ1v) is 6.59. The van der Waals surface area contributed by atoms with Crippen molar-refractivity contribution in [2.75, 3.05) is 11.9 Å². The Morgan fingerprint density at radius 2 is 2.38 bits per heavy atom. The summed E-state index contributed by atoms with van der Waals surface area (Å²) in [5.41, 5.74) is 0. The van der Waals surface area contributed by atoms with Gasteiger partial charge in [0.15, 0.2) is 11.4 Å². The van der Waals surface area contributed by atoms with Gasteiger partial charge in [0.25, 0.3) is 0 Å². The Kier molecular flexibility index (Phi) is 3.36. The highest BCUT2D eigenvalue weighted by atomic mass is 32.1. The first-order chi connectivity index (χ1) is 7.72. The second-order valence-corrected chi connectivity index (χ2v) is 5.49. The van der Waals surface area contributed by atoms with Crippen molar-refractivity contribution in [3.63, 3.8) is 0 Å². The van der Waals surface area contributed by atoms with E-state index in [2.05, 4.69) is 28.3 Å². The van der Waals surface area contributed by atoms with Crippen LogP contribution in [0.4, 0.5) is 5.13 Å². The monoisotopic (exact) mass is 252 g/mol. The largest absolute Gasteiger partial charge is 0.344 e. The molecule has 2 heterocycles. The predicted octanol–water partition coefficient (Wildman–Crippen LogP) is 3.21. The van der Waals surface area contributed by atoms with E-state index in [4.69, 9.17) is 0 Å². The fourth-order valence-electron chi connectivity index (χ4n) is 1.38. The van der Waals surface area contributed by atoms with Gasteiger partial charge in [-0.2, -0.15) is 0 Å². The van der Waals surface area contributed by atoms with E-state index in [1.807, 2.05) is 13.1 Å². The first-order valence-electron chi connectivity index (χ1n) is 4.89. The van der Waals surface area contributed by atoms with Crippen LogP contribution in [0.2, 0.25) is 0 Å². The van der Waals surface area contributed by atoms with Crippen molar-refractivity contribution in [2.24, 2.45) is 0 Å². The second kappa shape index (κ2) is 4.76. The molecule has 0 fully saturated rings. The van der Waals surface area contributed by atoms with Crippen LogP contribution in [0.1, 0.15) is 27.5 Å². The maximum atomic E-state index is 10.6. The molecule has 0 bridgehead atoms. The van der Waals surface area contributed by atoms with E-state index in [-0.39, 0.29) is 6.04 Å². The van der Waals surface area contributed by atoms with E-state index >= 15 is 0 Å². The van der Waals surface area contributed by atoms with Crippen LogP contribution in [-0.4, -0.2) is 18.3 Å². The average molecular weight is 252 g/mol. The minimum Gasteiger partial charge on any atom is -0.344 e. The van der Waals surface area contributed by atoms with Crippen molar-refractivity contribution in [1.29, 1.82) is 0 Å². The third kappa shape index (κ3) is 2.15. The second-order valence-electron chi connectivity index (χ2n) is 3.47. The minimum atomic E-state index is 0.283. The summed E-state index contributed by atoms with van der Waals surface area (Å²) in [6.07, 6.45) is 2.45. The summed E-state index contributed by atoms with van der Waals surface area (Å²) in [4.78, 5) is 18.9.